The first-order valence-electron chi connectivity index (χ1n) is 9.39. The second-order valence-electron chi connectivity index (χ2n) is 6.97. The number of nitrogens with zero attached hydrogens (tertiary/aromatic N) is 1. The number of hydrogen-bond acceptors (Lipinski definition) is 6. The zero-order chi connectivity index (χ0) is 21.3. The van der Waals surface area contributed by atoms with Crippen LogP contribution >= 0.6 is 0 Å². The van der Waals surface area contributed by atoms with Crippen molar-refractivity contribution in [1.29, 1.82) is 0 Å². The standard InChI is InChI=1S/C21H18F2N2O5/c22-21(23)30-14-6-3-12(4-7-14)18(26)11-29-20(28)13-5-8-16-15(10-13)24-19(27)17-2-1-9-25(16)17/h3-8,10,17,21H,1-2,9,11H2,(H,24,27)/t17-/m0/s1. The Morgan fingerprint density at radius 3 is 2.60 bits per heavy atom. The zero-order valence-corrected chi connectivity index (χ0v) is 15.8. The fourth-order valence-electron chi connectivity index (χ4n) is 3.68. The summed E-state index contributed by atoms with van der Waals surface area (Å²) in [5.74, 6) is -1.37. The van der Waals surface area contributed by atoms with Crippen molar-refractivity contribution in [2.24, 2.45) is 0 Å². The van der Waals surface area contributed by atoms with Crippen LogP contribution in [0.25, 0.3) is 0 Å². The van der Waals surface area contributed by atoms with Crippen molar-refractivity contribution < 1.29 is 32.6 Å². The Morgan fingerprint density at radius 1 is 1.13 bits per heavy atom. The fraction of sp³-hybridized carbons (Fsp3) is 0.286. The Kier molecular flexibility index (Phi) is 5.35. The maximum Gasteiger partial charge on any atom is 0.387 e. The van der Waals surface area contributed by atoms with Crippen LogP contribution in [0.2, 0.25) is 0 Å². The molecule has 2 heterocycles. The molecular formula is C21H18F2N2O5. The van der Waals surface area contributed by atoms with Gasteiger partial charge in [0.15, 0.2) is 12.4 Å². The van der Waals surface area contributed by atoms with Gasteiger partial charge in [0.25, 0.3) is 0 Å². The maximum atomic E-state index is 12.3. The topological polar surface area (TPSA) is 84.9 Å². The van der Waals surface area contributed by atoms with Crippen LogP contribution in [-0.2, 0) is 9.53 Å². The van der Waals surface area contributed by atoms with E-state index in [1.165, 1.54) is 30.3 Å². The number of ketones is 1. The molecule has 2 aliphatic rings. The van der Waals surface area contributed by atoms with Crippen molar-refractivity contribution in [3.05, 3.63) is 53.6 Å². The van der Waals surface area contributed by atoms with Gasteiger partial charge < -0.3 is 19.7 Å². The molecular weight excluding hydrogens is 398 g/mol. The second kappa shape index (κ2) is 8.10. The van der Waals surface area contributed by atoms with Crippen molar-refractivity contribution >= 4 is 29.0 Å². The molecule has 1 N–H and O–H groups in total. The van der Waals surface area contributed by atoms with Gasteiger partial charge in [0, 0.05) is 12.1 Å². The molecule has 156 valence electrons. The Morgan fingerprint density at radius 2 is 1.87 bits per heavy atom. The molecule has 30 heavy (non-hydrogen) atoms. The molecule has 0 aromatic heterocycles. The number of nitrogens with one attached hydrogen (secondary N) is 1. The van der Waals surface area contributed by atoms with E-state index in [-0.39, 0.29) is 28.8 Å². The van der Waals surface area contributed by atoms with Gasteiger partial charge in [-0.3, -0.25) is 9.59 Å². The number of benzene rings is 2. The molecule has 1 saturated heterocycles. The van der Waals surface area contributed by atoms with Crippen molar-refractivity contribution in [2.45, 2.75) is 25.5 Å². The van der Waals surface area contributed by atoms with Crippen LogP contribution in [0.3, 0.4) is 0 Å². The van der Waals surface area contributed by atoms with E-state index in [2.05, 4.69) is 10.1 Å². The van der Waals surface area contributed by atoms with E-state index in [0.29, 0.717) is 5.69 Å². The monoisotopic (exact) mass is 416 g/mol. The Bertz CT molecular complexity index is 993. The summed E-state index contributed by atoms with van der Waals surface area (Å²) in [7, 11) is 0. The Balaban J connectivity index is 1.39. The number of hydrogen-bond donors (Lipinski definition) is 1. The van der Waals surface area contributed by atoms with Crippen molar-refractivity contribution in [3.8, 4) is 5.75 Å². The third-order valence-electron chi connectivity index (χ3n) is 5.09. The Hall–Kier alpha value is -3.49. The van der Waals surface area contributed by atoms with Gasteiger partial charge in [0.1, 0.15) is 11.8 Å². The highest BCUT2D eigenvalue weighted by molar-refractivity contribution is 6.06. The molecule has 0 radical (unpaired) electrons. The number of rotatable bonds is 6. The molecule has 9 heteroatoms. The van der Waals surface area contributed by atoms with Crippen LogP contribution in [0.4, 0.5) is 20.2 Å². The van der Waals surface area contributed by atoms with E-state index in [4.69, 9.17) is 4.74 Å². The van der Waals surface area contributed by atoms with Crippen molar-refractivity contribution in [1.82, 2.24) is 0 Å². The summed E-state index contributed by atoms with van der Waals surface area (Å²) in [5, 5.41) is 2.82. The second-order valence-corrected chi connectivity index (χ2v) is 6.97. The van der Waals surface area contributed by atoms with E-state index in [9.17, 15) is 23.2 Å². The number of anilines is 2. The lowest BCUT2D eigenvalue weighted by Gasteiger charge is -2.33. The normalized spacial score (nSPS) is 17.2. The highest BCUT2D eigenvalue weighted by Crippen LogP contribution is 2.37. The van der Waals surface area contributed by atoms with Crippen LogP contribution in [0, 0.1) is 0 Å². The van der Waals surface area contributed by atoms with Crippen LogP contribution < -0.4 is 15.0 Å². The number of amides is 1. The minimum absolute atomic E-state index is 0.0742. The molecule has 0 unspecified atom stereocenters. The van der Waals surface area contributed by atoms with E-state index in [0.717, 1.165) is 25.1 Å². The maximum absolute atomic E-state index is 12.3. The van der Waals surface area contributed by atoms with Gasteiger partial charge in [-0.15, -0.1) is 0 Å². The first-order valence-corrected chi connectivity index (χ1v) is 9.39. The smallest absolute Gasteiger partial charge is 0.387 e. The van der Waals surface area contributed by atoms with Gasteiger partial charge in [0.05, 0.1) is 16.9 Å². The molecule has 2 aromatic carbocycles. The number of fused-ring (bicyclic) bond motifs is 3. The molecule has 2 aliphatic heterocycles. The first-order chi connectivity index (χ1) is 14.4. The van der Waals surface area contributed by atoms with E-state index in [1.54, 1.807) is 12.1 Å². The highest BCUT2D eigenvalue weighted by Gasteiger charge is 2.36. The lowest BCUT2D eigenvalue weighted by molar-refractivity contribution is -0.117. The summed E-state index contributed by atoms with van der Waals surface area (Å²) in [6, 6.07) is 9.81. The minimum Gasteiger partial charge on any atom is -0.454 e. The van der Waals surface area contributed by atoms with Crippen molar-refractivity contribution in [2.75, 3.05) is 23.4 Å². The predicted molar refractivity (Wildman–Crippen MR) is 103 cm³/mol. The SMILES string of the molecule is O=C(COC(=O)c1ccc2c(c1)NC(=O)[C@@H]1CCCN21)c1ccc(OC(F)F)cc1. The first kappa shape index (κ1) is 19.8. The van der Waals surface area contributed by atoms with E-state index in [1.807, 2.05) is 4.90 Å². The fourth-order valence-corrected chi connectivity index (χ4v) is 3.68. The van der Waals surface area contributed by atoms with Crippen LogP contribution in [0.1, 0.15) is 33.6 Å². The summed E-state index contributed by atoms with van der Waals surface area (Å²) < 4.78 is 33.6. The molecule has 0 saturated carbocycles. The lowest BCUT2D eigenvalue weighted by atomic mass is 10.1. The number of ether oxygens (including phenoxy) is 2. The van der Waals surface area contributed by atoms with Gasteiger partial charge in [0.2, 0.25) is 5.91 Å². The average molecular weight is 416 g/mol. The molecule has 4 rings (SSSR count). The van der Waals surface area contributed by atoms with E-state index < -0.39 is 25.0 Å². The van der Waals surface area contributed by atoms with E-state index >= 15 is 0 Å². The molecule has 2 aromatic rings. The molecule has 7 nitrogen and oxygen atoms in total. The highest BCUT2D eigenvalue weighted by atomic mass is 19.3. The van der Waals surface area contributed by atoms with Gasteiger partial charge in [-0.05, 0) is 55.3 Å². The summed E-state index contributed by atoms with van der Waals surface area (Å²) in [6.07, 6.45) is 1.73. The molecule has 0 spiro atoms. The molecule has 1 fully saturated rings. The van der Waals surface area contributed by atoms with Gasteiger partial charge in [-0.2, -0.15) is 8.78 Å². The lowest BCUT2D eigenvalue weighted by Crippen LogP contribution is -2.43. The zero-order valence-electron chi connectivity index (χ0n) is 15.8. The summed E-state index contributed by atoms with van der Waals surface area (Å²) >= 11 is 0. The van der Waals surface area contributed by atoms with Crippen LogP contribution in [0.5, 0.6) is 5.75 Å². The van der Waals surface area contributed by atoms with Crippen LogP contribution in [-0.4, -0.2) is 43.5 Å². The molecule has 1 atom stereocenters. The quantitative estimate of drug-likeness (QED) is 0.575. The number of halogens is 2. The third-order valence-corrected chi connectivity index (χ3v) is 5.09. The molecule has 1 amide bonds. The molecule has 0 aliphatic carbocycles. The summed E-state index contributed by atoms with van der Waals surface area (Å²) in [6.45, 7) is -2.68. The number of Topliss-reactive ketones (excluding diaryl/α,β-unsaturated/α-hetero) is 1. The van der Waals surface area contributed by atoms with Gasteiger partial charge in [-0.1, -0.05) is 0 Å². The largest absolute Gasteiger partial charge is 0.454 e. The molecule has 0 bridgehead atoms. The van der Waals surface area contributed by atoms with Crippen LogP contribution in [0.15, 0.2) is 42.5 Å². The number of carbonyl (C=O) groups excluding carboxylic acids is 3. The average Bonchev–Trinajstić information content (AvgIpc) is 3.22. The number of carbonyl (C=O) groups is 3. The van der Waals surface area contributed by atoms with Crippen molar-refractivity contribution in [3.63, 3.8) is 0 Å². The predicted octanol–water partition coefficient (Wildman–Crippen LogP) is 3.25. The van der Waals surface area contributed by atoms with Gasteiger partial charge in [-0.25, -0.2) is 4.79 Å². The minimum atomic E-state index is -2.95. The third kappa shape index (κ3) is 3.96. The van der Waals surface area contributed by atoms with Gasteiger partial charge >= 0.3 is 12.6 Å². The summed E-state index contributed by atoms with van der Waals surface area (Å²) in [4.78, 5) is 38.8. The Labute approximate surface area is 170 Å². The summed E-state index contributed by atoms with van der Waals surface area (Å²) in [5.41, 5.74) is 1.80. The number of esters is 1. The number of alkyl halides is 2.